The number of rotatable bonds is 6. The van der Waals surface area contributed by atoms with Crippen molar-refractivity contribution in [3.8, 4) is 5.75 Å². The van der Waals surface area contributed by atoms with Crippen LogP contribution in [-0.2, 0) is 4.74 Å². The van der Waals surface area contributed by atoms with Gasteiger partial charge in [-0.15, -0.1) is 0 Å². The van der Waals surface area contributed by atoms with Crippen molar-refractivity contribution in [2.75, 3.05) is 6.61 Å². The van der Waals surface area contributed by atoms with Crippen LogP contribution in [0, 0.1) is 13.8 Å². The third kappa shape index (κ3) is 4.17. The first-order valence-corrected chi connectivity index (χ1v) is 8.54. The highest BCUT2D eigenvalue weighted by Gasteiger charge is 2.27. The number of aromatic amines is 1. The Kier molecular flexibility index (Phi) is 6.14. The normalized spacial score (nSPS) is 11.9. The Morgan fingerprint density at radius 3 is 2.56 bits per heavy atom. The number of aryl methyl sites for hydroxylation is 1. The summed E-state index contributed by atoms with van der Waals surface area (Å²) in [6.45, 7) is 7.02. The molecular formula is C18H19Cl2NO4. The molecule has 134 valence electrons. The van der Waals surface area contributed by atoms with Crippen molar-refractivity contribution in [1.29, 1.82) is 0 Å². The second kappa shape index (κ2) is 7.93. The fraction of sp³-hybridized carbons (Fsp3) is 0.333. The third-order valence-electron chi connectivity index (χ3n) is 3.73. The number of hydrogen-bond acceptors (Lipinski definition) is 4. The Labute approximate surface area is 156 Å². The molecule has 1 heterocycles. The summed E-state index contributed by atoms with van der Waals surface area (Å²) in [4.78, 5) is 27.7. The van der Waals surface area contributed by atoms with Crippen molar-refractivity contribution in [3.05, 3.63) is 50.8 Å². The van der Waals surface area contributed by atoms with Gasteiger partial charge in [0.05, 0.1) is 22.9 Å². The van der Waals surface area contributed by atoms with Crippen molar-refractivity contribution in [2.24, 2.45) is 0 Å². The number of ketones is 1. The second-order valence-electron chi connectivity index (χ2n) is 5.54. The van der Waals surface area contributed by atoms with Gasteiger partial charge in [0, 0.05) is 16.8 Å². The van der Waals surface area contributed by atoms with E-state index in [-0.39, 0.29) is 12.4 Å². The van der Waals surface area contributed by atoms with Crippen LogP contribution in [0.15, 0.2) is 18.2 Å². The molecule has 0 saturated carbocycles. The molecule has 25 heavy (non-hydrogen) atoms. The van der Waals surface area contributed by atoms with Gasteiger partial charge in [-0.1, -0.05) is 23.2 Å². The fourth-order valence-electron chi connectivity index (χ4n) is 2.52. The van der Waals surface area contributed by atoms with E-state index in [1.807, 2.05) is 0 Å². The van der Waals surface area contributed by atoms with Crippen LogP contribution >= 0.6 is 23.2 Å². The van der Waals surface area contributed by atoms with Crippen LogP contribution in [-0.4, -0.2) is 29.4 Å². The molecule has 1 aromatic carbocycles. The van der Waals surface area contributed by atoms with Gasteiger partial charge in [0.1, 0.15) is 5.75 Å². The molecular weight excluding hydrogens is 365 g/mol. The first-order valence-electron chi connectivity index (χ1n) is 7.78. The molecule has 0 amide bonds. The number of H-pyrrole nitrogens is 1. The average Bonchev–Trinajstić information content (AvgIpc) is 2.85. The molecule has 0 aliphatic carbocycles. The molecule has 0 radical (unpaired) electrons. The van der Waals surface area contributed by atoms with Gasteiger partial charge in [-0.05, 0) is 45.4 Å². The van der Waals surface area contributed by atoms with Crippen LogP contribution in [0.4, 0.5) is 0 Å². The molecule has 1 N–H and O–H groups in total. The Hall–Kier alpha value is -1.98. The van der Waals surface area contributed by atoms with Crippen molar-refractivity contribution in [3.63, 3.8) is 0 Å². The lowest BCUT2D eigenvalue weighted by molar-refractivity contribution is 0.0525. The molecule has 0 fully saturated rings. The number of halogens is 2. The van der Waals surface area contributed by atoms with Gasteiger partial charge in [-0.3, -0.25) is 4.79 Å². The summed E-state index contributed by atoms with van der Waals surface area (Å²) in [5.74, 6) is -0.437. The summed E-state index contributed by atoms with van der Waals surface area (Å²) in [6.07, 6.45) is -0.817. The molecule has 7 heteroatoms. The van der Waals surface area contributed by atoms with Crippen molar-refractivity contribution in [1.82, 2.24) is 4.98 Å². The molecule has 2 aromatic rings. The van der Waals surface area contributed by atoms with Crippen molar-refractivity contribution in [2.45, 2.75) is 33.8 Å². The topological polar surface area (TPSA) is 68.4 Å². The fourth-order valence-corrected chi connectivity index (χ4v) is 2.84. The number of nitrogens with one attached hydrogen (secondary N) is 1. The van der Waals surface area contributed by atoms with Crippen LogP contribution in [0.1, 0.15) is 46.0 Å². The number of carbonyl (C=O) groups is 2. The summed E-state index contributed by atoms with van der Waals surface area (Å²) in [6, 6.07) is 4.77. The number of esters is 1. The minimum Gasteiger partial charge on any atom is -0.481 e. The second-order valence-corrected chi connectivity index (χ2v) is 6.39. The highest BCUT2D eigenvalue weighted by molar-refractivity contribution is 6.34. The zero-order valence-corrected chi connectivity index (χ0v) is 15.9. The molecule has 2 rings (SSSR count). The van der Waals surface area contributed by atoms with E-state index in [9.17, 15) is 9.59 Å². The van der Waals surface area contributed by atoms with Gasteiger partial charge in [-0.2, -0.15) is 0 Å². The Morgan fingerprint density at radius 2 is 1.92 bits per heavy atom. The summed E-state index contributed by atoms with van der Waals surface area (Å²) in [5.41, 5.74) is 1.80. The summed E-state index contributed by atoms with van der Waals surface area (Å²) < 4.78 is 10.7. The van der Waals surface area contributed by atoms with Gasteiger partial charge in [0.15, 0.2) is 6.10 Å². The number of carbonyl (C=O) groups excluding carboxylic acids is 2. The van der Waals surface area contributed by atoms with Crippen LogP contribution in [0.3, 0.4) is 0 Å². The van der Waals surface area contributed by atoms with E-state index in [4.69, 9.17) is 32.7 Å². The smallest absolute Gasteiger partial charge is 0.340 e. The molecule has 0 aliphatic rings. The van der Waals surface area contributed by atoms with Gasteiger partial charge in [0.25, 0.3) is 0 Å². The molecule has 0 saturated heterocycles. The quantitative estimate of drug-likeness (QED) is 0.576. The number of Topliss-reactive ketones (excluding diaryl/α,β-unsaturated/α-hetero) is 1. The van der Waals surface area contributed by atoms with E-state index in [1.165, 1.54) is 0 Å². The van der Waals surface area contributed by atoms with Crippen LogP contribution < -0.4 is 4.74 Å². The van der Waals surface area contributed by atoms with Gasteiger partial charge >= 0.3 is 5.97 Å². The van der Waals surface area contributed by atoms with Crippen molar-refractivity contribution < 1.29 is 19.1 Å². The number of ether oxygens (including phenoxy) is 2. The maximum absolute atomic E-state index is 12.7. The third-order valence-corrected chi connectivity index (χ3v) is 4.28. The zero-order chi connectivity index (χ0) is 18.7. The van der Waals surface area contributed by atoms with E-state index in [1.54, 1.807) is 45.9 Å². The number of aromatic nitrogens is 1. The summed E-state index contributed by atoms with van der Waals surface area (Å²) in [5, 5.41) is 0.811. The predicted octanol–water partition coefficient (Wildman–Crippen LogP) is 4.77. The molecule has 0 aliphatic heterocycles. The highest BCUT2D eigenvalue weighted by Crippen LogP contribution is 2.29. The van der Waals surface area contributed by atoms with Crippen molar-refractivity contribution >= 4 is 35.0 Å². The van der Waals surface area contributed by atoms with E-state index in [2.05, 4.69) is 4.98 Å². The Balaban J connectivity index is 2.27. The van der Waals surface area contributed by atoms with Gasteiger partial charge < -0.3 is 14.5 Å². The lowest BCUT2D eigenvalue weighted by Gasteiger charge is -2.15. The van der Waals surface area contributed by atoms with E-state index >= 15 is 0 Å². The van der Waals surface area contributed by atoms with Gasteiger partial charge in [-0.25, -0.2) is 4.79 Å². The standard InChI is InChI=1S/C18H19Cl2NO4/c1-5-24-18(23)15-9(2)16(21-10(15)3)17(22)11(4)25-14-8-12(19)6-7-13(14)20/h6-8,11,21H,5H2,1-4H3/t11-/m1/s1. The molecule has 0 spiro atoms. The minimum absolute atomic E-state index is 0.263. The lowest BCUT2D eigenvalue weighted by atomic mass is 10.1. The molecule has 0 unspecified atom stereocenters. The zero-order valence-electron chi connectivity index (χ0n) is 14.4. The first-order chi connectivity index (χ1) is 11.8. The van der Waals surface area contributed by atoms with Crippen LogP contribution in [0.5, 0.6) is 5.75 Å². The Morgan fingerprint density at radius 1 is 1.24 bits per heavy atom. The summed E-state index contributed by atoms with van der Waals surface area (Å²) in [7, 11) is 0. The minimum atomic E-state index is -0.817. The molecule has 1 aromatic heterocycles. The largest absolute Gasteiger partial charge is 0.481 e. The number of hydrogen-bond donors (Lipinski definition) is 1. The average molecular weight is 384 g/mol. The monoisotopic (exact) mass is 383 g/mol. The lowest BCUT2D eigenvalue weighted by Crippen LogP contribution is -2.25. The maximum Gasteiger partial charge on any atom is 0.340 e. The molecule has 0 bridgehead atoms. The number of benzene rings is 1. The molecule has 1 atom stereocenters. The highest BCUT2D eigenvalue weighted by atomic mass is 35.5. The van der Waals surface area contributed by atoms with E-state index < -0.39 is 12.1 Å². The van der Waals surface area contributed by atoms with Gasteiger partial charge in [0.2, 0.25) is 5.78 Å². The van der Waals surface area contributed by atoms with E-state index in [0.29, 0.717) is 38.3 Å². The Bertz CT molecular complexity index is 814. The maximum atomic E-state index is 12.7. The SMILES string of the molecule is CCOC(=O)c1c(C)[nH]c(C(=O)[C@@H](C)Oc2cc(Cl)ccc2Cl)c1C. The van der Waals surface area contributed by atoms with Crippen LogP contribution in [0.2, 0.25) is 10.0 Å². The summed E-state index contributed by atoms with van der Waals surface area (Å²) >= 11 is 12.0. The predicted molar refractivity (Wildman–Crippen MR) is 97.1 cm³/mol. The van der Waals surface area contributed by atoms with Crippen LogP contribution in [0.25, 0.3) is 0 Å². The first kappa shape index (κ1) is 19.3. The van der Waals surface area contributed by atoms with E-state index in [0.717, 1.165) is 0 Å². The molecule has 5 nitrogen and oxygen atoms in total.